The van der Waals surface area contributed by atoms with Gasteiger partial charge in [0.25, 0.3) is 5.91 Å². The maximum Gasteiger partial charge on any atom is 0.316 e. The third-order valence-corrected chi connectivity index (χ3v) is 4.20. The molecule has 0 aliphatic heterocycles. The molecule has 1 heterocycles. The number of nitrogens with one attached hydrogen (secondary N) is 2. The van der Waals surface area contributed by atoms with Crippen LogP contribution in [0.1, 0.15) is 17.3 Å². The van der Waals surface area contributed by atoms with Gasteiger partial charge in [-0.05, 0) is 43.3 Å². The number of aryl methyl sites for hydroxylation is 1. The van der Waals surface area contributed by atoms with Crippen LogP contribution in [0, 0.1) is 0 Å². The third kappa shape index (κ3) is 3.21. The largest absolute Gasteiger partial charge is 0.495 e. The number of hydrogen-bond acceptors (Lipinski definition) is 4. The van der Waals surface area contributed by atoms with Gasteiger partial charge < -0.3 is 19.6 Å². The molecule has 0 radical (unpaired) electrons. The molecule has 1 amide bonds. The topological polar surface area (TPSA) is 93.2 Å². The van der Waals surface area contributed by atoms with Gasteiger partial charge in [-0.2, -0.15) is 0 Å². The fraction of sp³-hybridized carbons (Fsp3) is 0.167. The van der Waals surface area contributed by atoms with E-state index in [1.807, 2.05) is 0 Å². The summed E-state index contributed by atoms with van der Waals surface area (Å²) in [6, 6.07) is 9.61. The molecule has 0 spiro atoms. The SMILES string of the molecule is CCn1c(=O)c(=O)[nH]c2cc(C(=O)Nc3cc(Cl)ccc3OC)ccc21. The molecule has 0 bridgehead atoms. The number of carbonyl (C=O) groups excluding carboxylic acids is 1. The fourth-order valence-corrected chi connectivity index (χ4v) is 2.88. The van der Waals surface area contributed by atoms with Crippen molar-refractivity contribution in [2.24, 2.45) is 0 Å². The summed E-state index contributed by atoms with van der Waals surface area (Å²) in [5, 5.41) is 3.18. The van der Waals surface area contributed by atoms with E-state index in [2.05, 4.69) is 10.3 Å². The number of amides is 1. The molecule has 0 aliphatic carbocycles. The second kappa shape index (κ2) is 7.05. The Kier molecular flexibility index (Phi) is 4.81. The Bertz CT molecular complexity index is 1120. The first-order chi connectivity index (χ1) is 12.4. The monoisotopic (exact) mass is 373 g/mol. The standard InChI is InChI=1S/C18H16ClN3O4/c1-3-22-14-6-4-10(8-12(14)20-17(24)18(22)25)16(23)21-13-9-11(19)5-7-15(13)26-2/h4-9H,3H2,1-2H3,(H,20,24)(H,21,23). The summed E-state index contributed by atoms with van der Waals surface area (Å²) < 4.78 is 6.56. The lowest BCUT2D eigenvalue weighted by Crippen LogP contribution is -2.36. The Balaban J connectivity index is 2.02. The van der Waals surface area contributed by atoms with Crippen LogP contribution in [0.2, 0.25) is 5.02 Å². The first-order valence-electron chi connectivity index (χ1n) is 7.86. The van der Waals surface area contributed by atoms with Gasteiger partial charge in [0.05, 0.1) is 23.8 Å². The predicted molar refractivity (Wildman–Crippen MR) is 100 cm³/mol. The highest BCUT2D eigenvalue weighted by molar-refractivity contribution is 6.31. The highest BCUT2D eigenvalue weighted by Gasteiger charge is 2.13. The van der Waals surface area contributed by atoms with Crippen molar-refractivity contribution in [1.29, 1.82) is 0 Å². The van der Waals surface area contributed by atoms with Gasteiger partial charge in [-0.25, -0.2) is 0 Å². The van der Waals surface area contributed by atoms with E-state index in [1.165, 1.54) is 17.7 Å². The zero-order chi connectivity index (χ0) is 18.8. The molecule has 0 unspecified atom stereocenters. The third-order valence-electron chi connectivity index (χ3n) is 3.96. The molecular weight excluding hydrogens is 358 g/mol. The van der Waals surface area contributed by atoms with Crippen molar-refractivity contribution >= 4 is 34.2 Å². The van der Waals surface area contributed by atoms with Crippen molar-refractivity contribution in [3.8, 4) is 5.75 Å². The van der Waals surface area contributed by atoms with E-state index in [-0.39, 0.29) is 0 Å². The quantitative estimate of drug-likeness (QED) is 0.687. The molecule has 0 aliphatic rings. The average Bonchev–Trinajstić information content (AvgIpc) is 2.62. The molecule has 2 aromatic carbocycles. The summed E-state index contributed by atoms with van der Waals surface area (Å²) in [5.41, 5.74) is 0.346. The minimum Gasteiger partial charge on any atom is -0.495 e. The Labute approximate surface area is 153 Å². The molecule has 3 rings (SSSR count). The number of methoxy groups -OCH3 is 1. The molecule has 0 saturated carbocycles. The minimum absolute atomic E-state index is 0.316. The molecule has 1 aromatic heterocycles. The van der Waals surface area contributed by atoms with E-state index in [4.69, 9.17) is 16.3 Å². The van der Waals surface area contributed by atoms with Gasteiger partial charge in [-0.15, -0.1) is 0 Å². The predicted octanol–water partition coefficient (Wildman–Crippen LogP) is 2.62. The van der Waals surface area contributed by atoms with Crippen LogP contribution in [0.4, 0.5) is 5.69 Å². The number of carbonyl (C=O) groups is 1. The summed E-state index contributed by atoms with van der Waals surface area (Å²) in [4.78, 5) is 38.8. The second-order valence-corrected chi connectivity index (χ2v) is 5.97. The number of hydrogen-bond donors (Lipinski definition) is 2. The maximum absolute atomic E-state index is 12.6. The van der Waals surface area contributed by atoms with Crippen molar-refractivity contribution in [2.75, 3.05) is 12.4 Å². The highest BCUT2D eigenvalue weighted by atomic mass is 35.5. The van der Waals surface area contributed by atoms with Gasteiger partial charge in [0.1, 0.15) is 5.75 Å². The number of H-pyrrole nitrogens is 1. The van der Waals surface area contributed by atoms with Gasteiger partial charge in [-0.1, -0.05) is 11.6 Å². The number of ether oxygens (including phenoxy) is 1. The first-order valence-corrected chi connectivity index (χ1v) is 8.24. The second-order valence-electron chi connectivity index (χ2n) is 5.53. The van der Waals surface area contributed by atoms with E-state index in [1.54, 1.807) is 37.3 Å². The van der Waals surface area contributed by atoms with Gasteiger partial charge in [0.15, 0.2) is 0 Å². The van der Waals surface area contributed by atoms with Gasteiger partial charge in [0, 0.05) is 17.1 Å². The molecule has 2 N–H and O–H groups in total. The number of nitrogens with zero attached hydrogens (tertiary/aromatic N) is 1. The Morgan fingerprint density at radius 2 is 2.00 bits per heavy atom. The van der Waals surface area contributed by atoms with Gasteiger partial charge in [-0.3, -0.25) is 14.4 Å². The number of fused-ring (bicyclic) bond motifs is 1. The smallest absolute Gasteiger partial charge is 0.316 e. The van der Waals surface area contributed by atoms with Crippen LogP contribution in [-0.2, 0) is 6.54 Å². The van der Waals surface area contributed by atoms with Crippen molar-refractivity contribution in [1.82, 2.24) is 9.55 Å². The molecule has 3 aromatic rings. The summed E-state index contributed by atoms with van der Waals surface area (Å²) >= 11 is 5.97. The van der Waals surface area contributed by atoms with Crippen molar-refractivity contribution < 1.29 is 9.53 Å². The van der Waals surface area contributed by atoms with Crippen LogP contribution in [0.3, 0.4) is 0 Å². The lowest BCUT2D eigenvalue weighted by Gasteiger charge is -2.12. The van der Waals surface area contributed by atoms with Crippen LogP contribution in [-0.4, -0.2) is 22.6 Å². The average molecular weight is 374 g/mol. The maximum atomic E-state index is 12.6. The summed E-state index contributed by atoms with van der Waals surface area (Å²) in [7, 11) is 1.49. The van der Waals surface area contributed by atoms with E-state index < -0.39 is 17.0 Å². The number of halogens is 1. The van der Waals surface area contributed by atoms with E-state index in [9.17, 15) is 14.4 Å². The Morgan fingerprint density at radius 1 is 1.23 bits per heavy atom. The molecule has 0 saturated heterocycles. The molecular formula is C18H16ClN3O4. The number of rotatable bonds is 4. The van der Waals surface area contributed by atoms with Crippen LogP contribution in [0.25, 0.3) is 11.0 Å². The number of anilines is 1. The minimum atomic E-state index is -0.728. The van der Waals surface area contributed by atoms with Crippen molar-refractivity contribution in [3.63, 3.8) is 0 Å². The zero-order valence-electron chi connectivity index (χ0n) is 14.1. The van der Waals surface area contributed by atoms with Gasteiger partial charge >= 0.3 is 11.1 Å². The van der Waals surface area contributed by atoms with Crippen molar-refractivity contribution in [3.05, 3.63) is 67.7 Å². The lowest BCUT2D eigenvalue weighted by atomic mass is 10.1. The number of aromatic amines is 1. The van der Waals surface area contributed by atoms with E-state index in [0.29, 0.717) is 39.6 Å². The molecule has 0 fully saturated rings. The lowest BCUT2D eigenvalue weighted by molar-refractivity contribution is 0.102. The summed E-state index contributed by atoms with van der Waals surface area (Å²) in [6.07, 6.45) is 0. The normalized spacial score (nSPS) is 10.7. The van der Waals surface area contributed by atoms with E-state index in [0.717, 1.165) is 0 Å². The van der Waals surface area contributed by atoms with Crippen LogP contribution in [0.5, 0.6) is 5.75 Å². The molecule has 0 atom stereocenters. The summed E-state index contributed by atoms with van der Waals surface area (Å²) in [5.74, 6) is 0.0688. The van der Waals surface area contributed by atoms with Gasteiger partial charge in [0.2, 0.25) is 0 Å². The molecule has 8 heteroatoms. The van der Waals surface area contributed by atoms with E-state index >= 15 is 0 Å². The van der Waals surface area contributed by atoms with Crippen molar-refractivity contribution in [2.45, 2.75) is 13.5 Å². The number of aromatic nitrogens is 2. The fourth-order valence-electron chi connectivity index (χ4n) is 2.71. The van der Waals surface area contributed by atoms with Crippen LogP contribution >= 0.6 is 11.6 Å². The first kappa shape index (κ1) is 17.8. The zero-order valence-corrected chi connectivity index (χ0v) is 14.9. The molecule has 7 nitrogen and oxygen atoms in total. The molecule has 134 valence electrons. The molecule has 26 heavy (non-hydrogen) atoms. The summed E-state index contributed by atoms with van der Waals surface area (Å²) in [6.45, 7) is 2.12. The van der Waals surface area contributed by atoms with Crippen LogP contribution < -0.4 is 21.2 Å². The Hall–Kier alpha value is -3.06. The van der Waals surface area contributed by atoms with Crippen LogP contribution in [0.15, 0.2) is 46.0 Å². The Morgan fingerprint density at radius 3 is 2.69 bits per heavy atom. The highest BCUT2D eigenvalue weighted by Crippen LogP contribution is 2.28. The number of benzene rings is 2.